The minimum atomic E-state index is -0.534. The smallest absolute Gasteiger partial charge is 0.322 e. The molecule has 0 radical (unpaired) electrons. The molecule has 4 nitrogen and oxygen atoms in total. The van der Waals surface area contributed by atoms with Crippen LogP contribution in [-0.2, 0) is 0 Å². The Kier molecular flexibility index (Phi) is 2.91. The van der Waals surface area contributed by atoms with Crippen molar-refractivity contribution in [3.8, 4) is 11.8 Å². The van der Waals surface area contributed by atoms with Gasteiger partial charge in [0.05, 0.1) is 5.69 Å². The van der Waals surface area contributed by atoms with Gasteiger partial charge in [-0.05, 0) is 32.0 Å². The summed E-state index contributed by atoms with van der Waals surface area (Å²) in [4.78, 5) is 8.11. The lowest BCUT2D eigenvalue weighted by Gasteiger charge is -2.08. The van der Waals surface area contributed by atoms with Gasteiger partial charge in [0.25, 0.3) is 0 Å². The molecule has 1 aromatic heterocycles. The first kappa shape index (κ1) is 11.3. The predicted molar refractivity (Wildman–Crippen MR) is 62.4 cm³/mol. The molecular formula is C12H12FN3O. The molecule has 2 rings (SSSR count). The highest BCUT2D eigenvalue weighted by Crippen LogP contribution is 2.28. The van der Waals surface area contributed by atoms with E-state index in [1.807, 2.05) is 13.8 Å². The maximum atomic E-state index is 13.5. The molecule has 0 amide bonds. The van der Waals surface area contributed by atoms with Crippen LogP contribution in [0.3, 0.4) is 0 Å². The van der Waals surface area contributed by atoms with Crippen LogP contribution in [-0.4, -0.2) is 9.97 Å². The Labute approximate surface area is 98.3 Å². The van der Waals surface area contributed by atoms with Crippen molar-refractivity contribution in [3.63, 3.8) is 0 Å². The molecule has 2 N–H and O–H groups in total. The van der Waals surface area contributed by atoms with Gasteiger partial charge in [0.15, 0.2) is 11.6 Å². The summed E-state index contributed by atoms with van der Waals surface area (Å²) in [6.07, 6.45) is 0. The molecule has 1 heterocycles. The summed E-state index contributed by atoms with van der Waals surface area (Å²) in [5.74, 6) is -0.578. The second-order valence-corrected chi connectivity index (χ2v) is 3.69. The Morgan fingerprint density at radius 3 is 2.41 bits per heavy atom. The van der Waals surface area contributed by atoms with Crippen LogP contribution in [0.5, 0.6) is 11.8 Å². The fourth-order valence-electron chi connectivity index (χ4n) is 1.46. The second-order valence-electron chi connectivity index (χ2n) is 3.69. The zero-order valence-corrected chi connectivity index (χ0v) is 9.57. The highest BCUT2D eigenvalue weighted by Gasteiger charge is 2.10. The van der Waals surface area contributed by atoms with Crippen molar-refractivity contribution in [1.82, 2.24) is 9.97 Å². The molecule has 88 valence electrons. The Bertz CT molecular complexity index is 517. The van der Waals surface area contributed by atoms with Crippen LogP contribution < -0.4 is 10.5 Å². The molecular weight excluding hydrogens is 221 g/mol. The lowest BCUT2D eigenvalue weighted by molar-refractivity contribution is 0.411. The number of para-hydroxylation sites is 1. The zero-order chi connectivity index (χ0) is 12.4. The first-order valence-corrected chi connectivity index (χ1v) is 5.10. The quantitative estimate of drug-likeness (QED) is 0.810. The topological polar surface area (TPSA) is 61.0 Å². The summed E-state index contributed by atoms with van der Waals surface area (Å²) in [7, 11) is 0. The number of aryl methyl sites for hydroxylation is 2. The van der Waals surface area contributed by atoms with E-state index in [4.69, 9.17) is 10.5 Å². The van der Waals surface area contributed by atoms with Crippen molar-refractivity contribution in [2.75, 3.05) is 5.73 Å². The molecule has 0 saturated heterocycles. The number of anilines is 1. The maximum absolute atomic E-state index is 13.5. The number of nitrogen functional groups attached to an aromatic ring is 1. The summed E-state index contributed by atoms with van der Waals surface area (Å²) in [6.45, 7) is 3.62. The number of halogens is 1. The summed E-state index contributed by atoms with van der Waals surface area (Å²) in [6, 6.07) is 6.24. The predicted octanol–water partition coefficient (Wildman–Crippen LogP) is 2.61. The summed E-state index contributed by atoms with van der Waals surface area (Å²) >= 11 is 0. The molecule has 0 atom stereocenters. The standard InChI is InChI=1S/C12H12FN3O/c1-7-6-8(2)16-12(15-7)17-11-9(13)4-3-5-10(11)14/h3-6H,14H2,1-2H3. The number of ether oxygens (including phenoxy) is 1. The van der Waals surface area contributed by atoms with Gasteiger partial charge in [-0.3, -0.25) is 0 Å². The van der Waals surface area contributed by atoms with E-state index in [0.29, 0.717) is 0 Å². The van der Waals surface area contributed by atoms with Gasteiger partial charge in [0.2, 0.25) is 0 Å². The van der Waals surface area contributed by atoms with Crippen molar-refractivity contribution in [1.29, 1.82) is 0 Å². The molecule has 0 aliphatic carbocycles. The van der Waals surface area contributed by atoms with Crippen molar-refractivity contribution in [2.24, 2.45) is 0 Å². The highest BCUT2D eigenvalue weighted by molar-refractivity contribution is 5.53. The van der Waals surface area contributed by atoms with E-state index in [9.17, 15) is 4.39 Å². The maximum Gasteiger partial charge on any atom is 0.322 e. The largest absolute Gasteiger partial charge is 0.419 e. The number of nitrogens with two attached hydrogens (primary N) is 1. The van der Waals surface area contributed by atoms with Crippen LogP contribution in [0, 0.1) is 19.7 Å². The van der Waals surface area contributed by atoms with Gasteiger partial charge in [-0.15, -0.1) is 0 Å². The third kappa shape index (κ3) is 2.50. The molecule has 2 aromatic rings. The van der Waals surface area contributed by atoms with Crippen LogP contribution in [0.4, 0.5) is 10.1 Å². The van der Waals surface area contributed by atoms with E-state index in [2.05, 4.69) is 9.97 Å². The molecule has 0 spiro atoms. The van der Waals surface area contributed by atoms with E-state index in [1.165, 1.54) is 12.1 Å². The zero-order valence-electron chi connectivity index (χ0n) is 9.57. The van der Waals surface area contributed by atoms with Gasteiger partial charge >= 0.3 is 6.01 Å². The van der Waals surface area contributed by atoms with E-state index < -0.39 is 5.82 Å². The van der Waals surface area contributed by atoms with Gasteiger partial charge in [-0.2, -0.15) is 0 Å². The molecule has 5 heteroatoms. The lowest BCUT2D eigenvalue weighted by atomic mass is 10.3. The lowest BCUT2D eigenvalue weighted by Crippen LogP contribution is -2.00. The van der Waals surface area contributed by atoms with E-state index in [0.717, 1.165) is 11.4 Å². The minimum absolute atomic E-state index is 0.0440. The Morgan fingerprint density at radius 2 is 1.82 bits per heavy atom. The SMILES string of the molecule is Cc1cc(C)nc(Oc2c(N)cccc2F)n1. The number of hydrogen-bond donors (Lipinski definition) is 1. The van der Waals surface area contributed by atoms with Crippen molar-refractivity contribution in [2.45, 2.75) is 13.8 Å². The molecule has 0 aliphatic heterocycles. The average molecular weight is 233 g/mol. The molecule has 0 saturated carbocycles. The Hall–Kier alpha value is -2.17. The fourth-order valence-corrected chi connectivity index (χ4v) is 1.46. The first-order chi connectivity index (χ1) is 8.06. The third-order valence-electron chi connectivity index (χ3n) is 2.15. The van der Waals surface area contributed by atoms with Gasteiger partial charge in [-0.25, -0.2) is 14.4 Å². The van der Waals surface area contributed by atoms with Crippen molar-refractivity contribution in [3.05, 3.63) is 41.5 Å². The monoisotopic (exact) mass is 233 g/mol. The summed E-state index contributed by atoms with van der Waals surface area (Å²) < 4.78 is 18.8. The van der Waals surface area contributed by atoms with Gasteiger partial charge < -0.3 is 10.5 Å². The fraction of sp³-hybridized carbons (Fsp3) is 0.167. The molecule has 0 bridgehead atoms. The average Bonchev–Trinajstić information content (AvgIpc) is 2.22. The molecule has 0 unspecified atom stereocenters. The summed E-state index contributed by atoms with van der Waals surface area (Å²) in [5.41, 5.74) is 7.34. The molecule has 0 fully saturated rings. The van der Waals surface area contributed by atoms with E-state index >= 15 is 0 Å². The van der Waals surface area contributed by atoms with Crippen LogP contribution in [0.15, 0.2) is 24.3 Å². The van der Waals surface area contributed by atoms with Crippen LogP contribution in [0.25, 0.3) is 0 Å². The minimum Gasteiger partial charge on any atom is -0.419 e. The molecule has 1 aromatic carbocycles. The van der Waals surface area contributed by atoms with Crippen LogP contribution in [0.1, 0.15) is 11.4 Å². The number of nitrogens with zero attached hydrogens (tertiary/aromatic N) is 2. The molecule has 17 heavy (non-hydrogen) atoms. The van der Waals surface area contributed by atoms with Gasteiger partial charge in [0.1, 0.15) is 0 Å². The third-order valence-corrected chi connectivity index (χ3v) is 2.15. The highest BCUT2D eigenvalue weighted by atomic mass is 19.1. The van der Waals surface area contributed by atoms with Crippen molar-refractivity contribution < 1.29 is 9.13 Å². The van der Waals surface area contributed by atoms with E-state index in [-0.39, 0.29) is 17.4 Å². The number of hydrogen-bond acceptors (Lipinski definition) is 4. The van der Waals surface area contributed by atoms with E-state index in [1.54, 1.807) is 12.1 Å². The number of benzene rings is 1. The Balaban J connectivity index is 2.38. The first-order valence-electron chi connectivity index (χ1n) is 5.10. The Morgan fingerprint density at radius 1 is 1.18 bits per heavy atom. The van der Waals surface area contributed by atoms with Gasteiger partial charge in [-0.1, -0.05) is 6.07 Å². The summed E-state index contributed by atoms with van der Waals surface area (Å²) in [5, 5.41) is 0. The van der Waals surface area contributed by atoms with Crippen LogP contribution in [0.2, 0.25) is 0 Å². The normalized spacial score (nSPS) is 10.3. The van der Waals surface area contributed by atoms with Gasteiger partial charge in [0, 0.05) is 11.4 Å². The molecule has 0 aliphatic rings. The second kappa shape index (κ2) is 4.37. The number of rotatable bonds is 2. The van der Waals surface area contributed by atoms with Crippen molar-refractivity contribution >= 4 is 5.69 Å². The number of aromatic nitrogens is 2. The van der Waals surface area contributed by atoms with Crippen LogP contribution >= 0.6 is 0 Å².